The van der Waals surface area contributed by atoms with Crippen molar-refractivity contribution in [1.29, 1.82) is 0 Å². The van der Waals surface area contributed by atoms with Crippen LogP contribution in [0, 0.1) is 0 Å². The Balaban J connectivity index is 1.93. The van der Waals surface area contributed by atoms with Crippen LogP contribution in [0.3, 0.4) is 0 Å². The van der Waals surface area contributed by atoms with Crippen molar-refractivity contribution in [3.05, 3.63) is 0 Å². The van der Waals surface area contributed by atoms with Crippen molar-refractivity contribution in [2.45, 2.75) is 58.0 Å². The van der Waals surface area contributed by atoms with Gasteiger partial charge in [0.15, 0.2) is 0 Å². The van der Waals surface area contributed by atoms with Crippen molar-refractivity contribution in [1.82, 2.24) is 15.1 Å². The Bertz CT molecular complexity index is 317. The van der Waals surface area contributed by atoms with Crippen molar-refractivity contribution < 1.29 is 4.79 Å². The minimum Gasteiger partial charge on any atom is -0.333 e. The van der Waals surface area contributed by atoms with E-state index in [0.29, 0.717) is 5.54 Å². The summed E-state index contributed by atoms with van der Waals surface area (Å²) < 4.78 is 0. The summed E-state index contributed by atoms with van der Waals surface area (Å²) in [5.74, 6) is 0. The second-order valence-electron chi connectivity index (χ2n) is 6.81. The summed E-state index contributed by atoms with van der Waals surface area (Å²) in [6, 6.07) is 0.102. The molecule has 0 atom stereocenters. The monoisotopic (exact) mass is 253 g/mol. The van der Waals surface area contributed by atoms with Crippen molar-refractivity contribution in [2.24, 2.45) is 0 Å². The van der Waals surface area contributed by atoms with Gasteiger partial charge in [-0.05, 0) is 46.6 Å². The van der Waals surface area contributed by atoms with Crippen LogP contribution in [0.2, 0.25) is 0 Å². The first kappa shape index (κ1) is 13.7. The molecule has 1 aliphatic carbocycles. The molecule has 1 heterocycles. The van der Waals surface area contributed by atoms with Crippen LogP contribution in [-0.4, -0.2) is 53.1 Å². The molecule has 1 saturated heterocycles. The summed E-state index contributed by atoms with van der Waals surface area (Å²) in [7, 11) is 0. The first-order valence-corrected chi connectivity index (χ1v) is 7.18. The highest BCUT2D eigenvalue weighted by Gasteiger charge is 2.51. The van der Waals surface area contributed by atoms with E-state index >= 15 is 0 Å². The van der Waals surface area contributed by atoms with E-state index in [9.17, 15) is 4.79 Å². The number of carbonyl (C=O) groups excluding carboxylic acids is 1. The third-order valence-electron chi connectivity index (χ3n) is 3.89. The Labute approximate surface area is 111 Å². The Morgan fingerprint density at radius 2 is 1.94 bits per heavy atom. The number of amides is 2. The predicted molar refractivity (Wildman–Crippen MR) is 73.7 cm³/mol. The molecule has 1 saturated carbocycles. The first-order valence-electron chi connectivity index (χ1n) is 7.18. The molecule has 2 rings (SSSR count). The Morgan fingerprint density at radius 1 is 1.28 bits per heavy atom. The maximum Gasteiger partial charge on any atom is 0.317 e. The zero-order valence-corrected chi connectivity index (χ0v) is 12.3. The zero-order valence-electron chi connectivity index (χ0n) is 12.3. The quantitative estimate of drug-likeness (QED) is 0.817. The lowest BCUT2D eigenvalue weighted by Gasteiger charge is -2.42. The van der Waals surface area contributed by atoms with Crippen LogP contribution in [0.5, 0.6) is 0 Å². The zero-order chi connectivity index (χ0) is 13.4. The predicted octanol–water partition coefficient (Wildman–Crippen LogP) is 2.05. The highest BCUT2D eigenvalue weighted by Crippen LogP contribution is 2.44. The molecular weight excluding hydrogens is 226 g/mol. The molecule has 1 N–H and O–H groups in total. The van der Waals surface area contributed by atoms with E-state index in [1.807, 2.05) is 25.7 Å². The van der Waals surface area contributed by atoms with Crippen LogP contribution in [-0.2, 0) is 0 Å². The minimum absolute atomic E-state index is 0.102. The van der Waals surface area contributed by atoms with Crippen molar-refractivity contribution in [3.8, 4) is 0 Å². The van der Waals surface area contributed by atoms with Gasteiger partial charge in [0.1, 0.15) is 0 Å². The average Bonchev–Trinajstić information content (AvgIpc) is 3.00. The highest BCUT2D eigenvalue weighted by atomic mass is 16.2. The summed E-state index contributed by atoms with van der Waals surface area (Å²) in [6.45, 7) is 12.3. The normalized spacial score (nSPS) is 23.2. The number of nitrogens with one attached hydrogen (secondary N) is 1. The van der Waals surface area contributed by atoms with E-state index in [0.717, 1.165) is 19.6 Å². The summed E-state index contributed by atoms with van der Waals surface area (Å²) in [4.78, 5) is 16.8. The number of carbonyl (C=O) groups is 1. The van der Waals surface area contributed by atoms with Crippen molar-refractivity contribution >= 4 is 6.03 Å². The van der Waals surface area contributed by atoms with Gasteiger partial charge >= 0.3 is 6.03 Å². The fourth-order valence-corrected chi connectivity index (χ4v) is 2.82. The van der Waals surface area contributed by atoms with Gasteiger partial charge in [0.2, 0.25) is 0 Å². The molecule has 2 fully saturated rings. The smallest absolute Gasteiger partial charge is 0.317 e. The van der Waals surface area contributed by atoms with Gasteiger partial charge in [-0.2, -0.15) is 0 Å². The molecule has 104 valence electrons. The van der Waals surface area contributed by atoms with Crippen LogP contribution < -0.4 is 5.32 Å². The molecule has 2 amide bonds. The summed E-state index contributed by atoms with van der Waals surface area (Å²) in [5.41, 5.74) is 0.178. The molecule has 1 aliphatic heterocycles. The number of rotatable bonds is 2. The molecule has 18 heavy (non-hydrogen) atoms. The topological polar surface area (TPSA) is 35.6 Å². The van der Waals surface area contributed by atoms with Gasteiger partial charge in [0, 0.05) is 30.7 Å². The number of urea groups is 1. The van der Waals surface area contributed by atoms with E-state index in [1.165, 1.54) is 25.8 Å². The highest BCUT2D eigenvalue weighted by molar-refractivity contribution is 5.75. The number of hydrogen-bond acceptors (Lipinski definition) is 2. The van der Waals surface area contributed by atoms with Crippen LogP contribution >= 0.6 is 0 Å². The molecule has 0 unspecified atom stereocenters. The minimum atomic E-state index is -0.144. The average molecular weight is 253 g/mol. The van der Waals surface area contributed by atoms with Crippen molar-refractivity contribution in [2.75, 3.05) is 26.2 Å². The van der Waals surface area contributed by atoms with Crippen LogP contribution in [0.4, 0.5) is 4.79 Å². The molecule has 4 heteroatoms. The van der Waals surface area contributed by atoms with Gasteiger partial charge in [0.05, 0.1) is 0 Å². The lowest BCUT2D eigenvalue weighted by atomic mass is 10.1. The largest absolute Gasteiger partial charge is 0.333 e. The Hall–Kier alpha value is -0.770. The molecule has 0 bridgehead atoms. The third kappa shape index (κ3) is 2.97. The number of piperazine rings is 1. The molecule has 0 aromatic rings. The fraction of sp³-hybridized carbons (Fsp3) is 0.929. The maximum atomic E-state index is 12.2. The Kier molecular flexibility index (Phi) is 3.58. The summed E-state index contributed by atoms with van der Waals surface area (Å²) >= 11 is 0. The van der Waals surface area contributed by atoms with Gasteiger partial charge < -0.3 is 10.2 Å². The lowest BCUT2D eigenvalue weighted by molar-refractivity contribution is 0.0731. The lowest BCUT2D eigenvalue weighted by Crippen LogP contribution is -2.60. The van der Waals surface area contributed by atoms with Gasteiger partial charge in [-0.15, -0.1) is 0 Å². The Morgan fingerprint density at radius 3 is 2.44 bits per heavy atom. The van der Waals surface area contributed by atoms with Gasteiger partial charge in [-0.1, -0.05) is 6.92 Å². The number of hydrogen-bond donors (Lipinski definition) is 1. The fourth-order valence-electron chi connectivity index (χ4n) is 2.82. The van der Waals surface area contributed by atoms with Crippen molar-refractivity contribution in [3.63, 3.8) is 0 Å². The maximum absolute atomic E-state index is 12.2. The van der Waals surface area contributed by atoms with Gasteiger partial charge in [-0.25, -0.2) is 4.79 Å². The number of nitrogens with zero attached hydrogens (tertiary/aromatic N) is 2. The molecule has 0 radical (unpaired) electrons. The first-order chi connectivity index (χ1) is 8.36. The van der Waals surface area contributed by atoms with Gasteiger partial charge in [-0.3, -0.25) is 4.90 Å². The second-order valence-corrected chi connectivity index (χ2v) is 6.81. The van der Waals surface area contributed by atoms with E-state index in [4.69, 9.17) is 0 Å². The van der Waals surface area contributed by atoms with E-state index in [2.05, 4.69) is 17.1 Å². The molecule has 1 spiro atoms. The third-order valence-corrected chi connectivity index (χ3v) is 3.89. The molecule has 4 nitrogen and oxygen atoms in total. The van der Waals surface area contributed by atoms with Crippen LogP contribution in [0.1, 0.15) is 47.0 Å². The molecule has 2 aliphatic rings. The molecular formula is C14H27N3O. The van der Waals surface area contributed by atoms with Crippen LogP contribution in [0.25, 0.3) is 0 Å². The van der Waals surface area contributed by atoms with E-state index in [1.54, 1.807) is 0 Å². The summed E-state index contributed by atoms with van der Waals surface area (Å²) in [6.07, 6.45) is 3.72. The molecule has 0 aromatic carbocycles. The van der Waals surface area contributed by atoms with E-state index < -0.39 is 0 Å². The second kappa shape index (κ2) is 4.72. The van der Waals surface area contributed by atoms with Crippen LogP contribution in [0.15, 0.2) is 0 Å². The summed E-state index contributed by atoms with van der Waals surface area (Å²) in [5, 5.41) is 3.07. The standard InChI is InChI=1S/C14H27N3O/c1-5-8-17-10-9-16(11-14(17)6-7-14)12(18)15-13(2,3)4/h5-11H2,1-4H3,(H,15,18). The van der Waals surface area contributed by atoms with Gasteiger partial charge in [0.25, 0.3) is 0 Å². The SMILES string of the molecule is CCCN1CCN(C(=O)NC(C)(C)C)CC12CC2. The van der Waals surface area contributed by atoms with E-state index in [-0.39, 0.29) is 11.6 Å². The molecule has 0 aromatic heterocycles.